The van der Waals surface area contributed by atoms with Gasteiger partial charge in [0.25, 0.3) is 5.22 Å². The molecule has 0 aliphatic carbocycles. The number of benzene rings is 1. The van der Waals surface area contributed by atoms with Gasteiger partial charge in [-0.25, -0.2) is 9.78 Å². The summed E-state index contributed by atoms with van der Waals surface area (Å²) < 4.78 is 11.0. The van der Waals surface area contributed by atoms with Crippen LogP contribution in [-0.4, -0.2) is 15.2 Å². The fraction of sp³-hybridized carbons (Fsp3) is 0.222. The maximum Gasteiger partial charge on any atom is 0.336 e. The second-order valence-electron chi connectivity index (χ2n) is 5.97. The number of rotatable bonds is 5. The summed E-state index contributed by atoms with van der Waals surface area (Å²) in [7, 11) is 0. The molecule has 0 bridgehead atoms. The lowest BCUT2D eigenvalue weighted by molar-refractivity contribution is 0.419. The SMILES string of the molecule is Cc1nc(Cc2nnc(SCc3cc(=O)oc4cc(C)c(Cl)cc34)o2)cs1. The molecule has 3 heterocycles. The van der Waals surface area contributed by atoms with Gasteiger partial charge in [0.2, 0.25) is 5.89 Å². The molecular formula is C18H14ClN3O3S2. The zero-order valence-electron chi connectivity index (χ0n) is 14.5. The minimum Gasteiger partial charge on any atom is -0.423 e. The van der Waals surface area contributed by atoms with Crippen LogP contribution in [0.1, 0.15) is 27.7 Å². The highest BCUT2D eigenvalue weighted by Crippen LogP contribution is 2.29. The van der Waals surface area contributed by atoms with Gasteiger partial charge in [-0.1, -0.05) is 23.4 Å². The van der Waals surface area contributed by atoms with Crippen molar-refractivity contribution in [2.45, 2.75) is 31.2 Å². The summed E-state index contributed by atoms with van der Waals surface area (Å²) in [6.07, 6.45) is 0.505. The average molecular weight is 420 g/mol. The third-order valence-electron chi connectivity index (χ3n) is 3.91. The molecule has 0 fully saturated rings. The van der Waals surface area contributed by atoms with Gasteiger partial charge >= 0.3 is 5.63 Å². The summed E-state index contributed by atoms with van der Waals surface area (Å²) in [6.45, 7) is 3.82. The highest BCUT2D eigenvalue weighted by molar-refractivity contribution is 7.98. The molecule has 138 valence electrons. The summed E-state index contributed by atoms with van der Waals surface area (Å²) in [5.74, 6) is 0.998. The van der Waals surface area contributed by atoms with Gasteiger partial charge in [-0.3, -0.25) is 0 Å². The molecule has 0 spiro atoms. The third-order valence-corrected chi connectivity index (χ3v) is 6.00. The van der Waals surface area contributed by atoms with Crippen molar-refractivity contribution in [3.05, 3.63) is 66.7 Å². The Morgan fingerprint density at radius 1 is 1.19 bits per heavy atom. The van der Waals surface area contributed by atoms with Gasteiger partial charge in [0.1, 0.15) is 5.58 Å². The van der Waals surface area contributed by atoms with Crippen LogP contribution < -0.4 is 5.63 Å². The van der Waals surface area contributed by atoms with Gasteiger partial charge < -0.3 is 8.83 Å². The average Bonchev–Trinajstić information content (AvgIpc) is 3.23. The largest absolute Gasteiger partial charge is 0.423 e. The van der Waals surface area contributed by atoms with Crippen molar-refractivity contribution >= 4 is 45.7 Å². The highest BCUT2D eigenvalue weighted by Gasteiger charge is 2.13. The minimum atomic E-state index is -0.398. The first-order valence-corrected chi connectivity index (χ1v) is 10.3. The van der Waals surface area contributed by atoms with Gasteiger partial charge in [-0.05, 0) is 37.1 Å². The van der Waals surface area contributed by atoms with E-state index in [-0.39, 0.29) is 0 Å². The van der Waals surface area contributed by atoms with Gasteiger partial charge in [-0.15, -0.1) is 21.5 Å². The maximum absolute atomic E-state index is 11.9. The molecule has 6 nitrogen and oxygen atoms in total. The minimum absolute atomic E-state index is 0.398. The number of thioether (sulfide) groups is 1. The zero-order valence-corrected chi connectivity index (χ0v) is 16.9. The summed E-state index contributed by atoms with van der Waals surface area (Å²) in [6, 6.07) is 5.05. The Kier molecular flexibility index (Phi) is 5.03. The fourth-order valence-corrected chi connectivity index (χ4v) is 4.17. The molecule has 0 aliphatic heterocycles. The lowest BCUT2D eigenvalue weighted by atomic mass is 10.1. The van der Waals surface area contributed by atoms with E-state index in [0.29, 0.717) is 33.9 Å². The summed E-state index contributed by atoms with van der Waals surface area (Å²) in [5, 5.41) is 13.0. The number of halogens is 1. The smallest absolute Gasteiger partial charge is 0.336 e. The third kappa shape index (κ3) is 4.07. The van der Waals surface area contributed by atoms with E-state index in [2.05, 4.69) is 15.2 Å². The van der Waals surface area contributed by atoms with Crippen LogP contribution in [0.15, 0.2) is 42.4 Å². The molecule has 0 radical (unpaired) electrons. The maximum atomic E-state index is 11.9. The lowest BCUT2D eigenvalue weighted by Crippen LogP contribution is -2.00. The van der Waals surface area contributed by atoms with Crippen molar-refractivity contribution in [2.75, 3.05) is 0 Å². The number of thiazole rings is 1. The van der Waals surface area contributed by atoms with E-state index in [0.717, 1.165) is 27.2 Å². The Labute approximate surface area is 167 Å². The lowest BCUT2D eigenvalue weighted by Gasteiger charge is -2.06. The quantitative estimate of drug-likeness (QED) is 0.340. The molecule has 27 heavy (non-hydrogen) atoms. The van der Waals surface area contributed by atoms with Crippen molar-refractivity contribution in [3.63, 3.8) is 0 Å². The predicted octanol–water partition coefficient (Wildman–Crippen LogP) is 4.79. The second-order valence-corrected chi connectivity index (χ2v) is 8.37. The van der Waals surface area contributed by atoms with Crippen LogP contribution in [0, 0.1) is 13.8 Å². The Morgan fingerprint density at radius 3 is 2.81 bits per heavy atom. The van der Waals surface area contributed by atoms with Gasteiger partial charge in [0, 0.05) is 27.6 Å². The summed E-state index contributed by atoms with van der Waals surface area (Å²) in [4.78, 5) is 16.2. The van der Waals surface area contributed by atoms with Crippen LogP contribution in [0.4, 0.5) is 0 Å². The number of nitrogens with zero attached hydrogens (tertiary/aromatic N) is 3. The topological polar surface area (TPSA) is 82.0 Å². The van der Waals surface area contributed by atoms with Gasteiger partial charge in [0.15, 0.2) is 0 Å². The summed E-state index contributed by atoms with van der Waals surface area (Å²) in [5.41, 5.74) is 2.70. The Morgan fingerprint density at radius 2 is 2.04 bits per heavy atom. The number of aromatic nitrogens is 3. The number of aryl methyl sites for hydroxylation is 2. The van der Waals surface area contributed by atoms with E-state index in [1.165, 1.54) is 17.8 Å². The van der Waals surface area contributed by atoms with Crippen LogP contribution in [0.25, 0.3) is 11.0 Å². The molecule has 4 aromatic rings. The molecule has 0 aliphatic rings. The van der Waals surface area contributed by atoms with Crippen LogP contribution in [-0.2, 0) is 12.2 Å². The molecule has 9 heteroatoms. The number of hydrogen-bond donors (Lipinski definition) is 0. The molecular weight excluding hydrogens is 406 g/mol. The normalized spacial score (nSPS) is 11.4. The highest BCUT2D eigenvalue weighted by atomic mass is 35.5. The zero-order chi connectivity index (χ0) is 19.0. The van der Waals surface area contributed by atoms with Crippen LogP contribution in [0.3, 0.4) is 0 Å². The fourth-order valence-electron chi connectivity index (χ4n) is 2.62. The van der Waals surface area contributed by atoms with Gasteiger partial charge in [-0.2, -0.15) is 0 Å². The molecule has 4 rings (SSSR count). The second kappa shape index (κ2) is 7.46. The van der Waals surface area contributed by atoms with Crippen molar-refractivity contribution < 1.29 is 8.83 Å². The molecule has 0 atom stereocenters. The Bertz CT molecular complexity index is 1180. The van der Waals surface area contributed by atoms with E-state index in [4.69, 9.17) is 20.4 Å². The van der Waals surface area contributed by atoms with Gasteiger partial charge in [0.05, 0.1) is 17.1 Å². The monoisotopic (exact) mass is 419 g/mol. The molecule has 0 N–H and O–H groups in total. The number of fused-ring (bicyclic) bond motifs is 1. The number of hydrogen-bond acceptors (Lipinski definition) is 8. The van der Waals surface area contributed by atoms with E-state index in [1.807, 2.05) is 25.3 Å². The Hall–Kier alpha value is -2.16. The molecule has 3 aromatic heterocycles. The predicted molar refractivity (Wildman–Crippen MR) is 106 cm³/mol. The molecule has 0 unspecified atom stereocenters. The standard InChI is InChI=1S/C18H14ClN3O3S2/c1-9-3-15-13(6-14(9)19)11(4-17(23)24-15)7-27-18-22-21-16(25-18)5-12-8-26-10(2)20-12/h3-4,6,8H,5,7H2,1-2H3. The van der Waals surface area contributed by atoms with Crippen molar-refractivity contribution in [2.24, 2.45) is 0 Å². The molecule has 0 amide bonds. The van der Waals surface area contributed by atoms with E-state index in [1.54, 1.807) is 17.4 Å². The van der Waals surface area contributed by atoms with E-state index >= 15 is 0 Å². The summed E-state index contributed by atoms with van der Waals surface area (Å²) >= 11 is 9.18. The van der Waals surface area contributed by atoms with Crippen molar-refractivity contribution in [1.82, 2.24) is 15.2 Å². The first kappa shape index (κ1) is 18.2. The Balaban J connectivity index is 1.53. The van der Waals surface area contributed by atoms with Crippen molar-refractivity contribution in [1.29, 1.82) is 0 Å². The first-order valence-electron chi connectivity index (χ1n) is 8.07. The van der Waals surface area contributed by atoms with Crippen LogP contribution >= 0.6 is 34.7 Å². The van der Waals surface area contributed by atoms with Crippen molar-refractivity contribution in [3.8, 4) is 0 Å². The van der Waals surface area contributed by atoms with E-state index < -0.39 is 5.63 Å². The van der Waals surface area contributed by atoms with Crippen LogP contribution in [0.2, 0.25) is 5.02 Å². The van der Waals surface area contributed by atoms with Crippen LogP contribution in [0.5, 0.6) is 0 Å². The molecule has 0 saturated heterocycles. The first-order chi connectivity index (χ1) is 13.0. The molecule has 0 saturated carbocycles. The van der Waals surface area contributed by atoms with E-state index in [9.17, 15) is 4.79 Å². The molecule has 1 aromatic carbocycles.